The van der Waals surface area contributed by atoms with Crippen LogP contribution in [0.2, 0.25) is 0 Å². The lowest BCUT2D eigenvalue weighted by Gasteiger charge is -2.22. The lowest BCUT2D eigenvalue weighted by molar-refractivity contribution is -0.126. The van der Waals surface area contributed by atoms with Crippen molar-refractivity contribution >= 4 is 17.5 Å². The first-order chi connectivity index (χ1) is 14.1. The van der Waals surface area contributed by atoms with Gasteiger partial charge in [-0.2, -0.15) is 0 Å². The first-order valence-corrected chi connectivity index (χ1v) is 10.1. The first kappa shape index (κ1) is 19.3. The van der Waals surface area contributed by atoms with Gasteiger partial charge in [0.05, 0.1) is 5.92 Å². The molecular weight excluding hydrogens is 368 g/mol. The van der Waals surface area contributed by atoms with Crippen LogP contribution in [-0.4, -0.2) is 37.6 Å². The van der Waals surface area contributed by atoms with E-state index >= 15 is 0 Å². The summed E-state index contributed by atoms with van der Waals surface area (Å²) in [6.45, 7) is 3.42. The van der Waals surface area contributed by atoms with Crippen molar-refractivity contribution in [1.29, 1.82) is 0 Å². The molecule has 2 unspecified atom stereocenters. The minimum atomic E-state index is -0.338. The number of nitrogens with zero attached hydrogens (tertiary/aromatic N) is 1. The summed E-state index contributed by atoms with van der Waals surface area (Å²) in [6, 6.07) is 15.8. The molecule has 2 atom stereocenters. The fourth-order valence-electron chi connectivity index (χ4n) is 3.79. The molecule has 0 aromatic heterocycles. The van der Waals surface area contributed by atoms with Gasteiger partial charge >= 0.3 is 0 Å². The molecule has 2 aliphatic rings. The molecule has 6 heteroatoms. The predicted octanol–water partition coefficient (Wildman–Crippen LogP) is 2.95. The average Bonchev–Trinajstić information content (AvgIpc) is 3.14. The summed E-state index contributed by atoms with van der Waals surface area (Å²) in [5.41, 5.74) is 2.00. The molecule has 0 bridgehead atoms. The molecule has 4 rings (SSSR count). The normalized spacial score (nSPS) is 19.1. The number of rotatable bonds is 6. The maximum absolute atomic E-state index is 12.7. The number of aryl methyl sites for hydroxylation is 1. The van der Waals surface area contributed by atoms with Crippen LogP contribution in [0.5, 0.6) is 11.5 Å². The van der Waals surface area contributed by atoms with Crippen LogP contribution in [0, 0.1) is 5.92 Å². The van der Waals surface area contributed by atoms with E-state index in [1.807, 2.05) is 43.3 Å². The predicted molar refractivity (Wildman–Crippen MR) is 110 cm³/mol. The number of nitrogens with one attached hydrogen (secondary N) is 1. The highest BCUT2D eigenvalue weighted by atomic mass is 16.6. The number of benzene rings is 2. The van der Waals surface area contributed by atoms with Crippen LogP contribution >= 0.6 is 0 Å². The van der Waals surface area contributed by atoms with Crippen molar-refractivity contribution in [2.45, 2.75) is 32.2 Å². The Morgan fingerprint density at radius 1 is 1.14 bits per heavy atom. The number of fused-ring (bicyclic) bond motifs is 1. The highest BCUT2D eigenvalue weighted by molar-refractivity contribution is 6.00. The summed E-state index contributed by atoms with van der Waals surface area (Å²) >= 11 is 0. The molecule has 2 aliphatic heterocycles. The molecule has 2 heterocycles. The zero-order chi connectivity index (χ0) is 20.2. The van der Waals surface area contributed by atoms with Gasteiger partial charge in [0, 0.05) is 30.8 Å². The van der Waals surface area contributed by atoms with E-state index in [0.29, 0.717) is 31.3 Å². The van der Waals surface area contributed by atoms with Gasteiger partial charge in [-0.3, -0.25) is 9.59 Å². The van der Waals surface area contributed by atoms with Gasteiger partial charge in [0.25, 0.3) is 0 Å². The molecule has 152 valence electrons. The standard InChI is InChI=1S/C23H26N2O4/c1-16(7-8-17-5-3-2-4-6-17)24-23(27)18-13-22(26)25(15-18)19-9-10-20-21(14-19)29-12-11-28-20/h2-6,9-10,14,16,18H,7-8,11-13,15H2,1H3,(H,24,27). The van der Waals surface area contributed by atoms with Gasteiger partial charge in [-0.1, -0.05) is 30.3 Å². The third kappa shape index (κ3) is 4.53. The summed E-state index contributed by atoms with van der Waals surface area (Å²) in [5.74, 6) is 0.893. The third-order valence-corrected chi connectivity index (χ3v) is 5.43. The number of carbonyl (C=O) groups excluding carboxylic acids is 2. The molecule has 6 nitrogen and oxygen atoms in total. The Labute approximate surface area is 170 Å². The smallest absolute Gasteiger partial charge is 0.227 e. The number of hydrogen-bond donors (Lipinski definition) is 1. The van der Waals surface area contributed by atoms with E-state index in [9.17, 15) is 9.59 Å². The Morgan fingerprint density at radius 3 is 2.69 bits per heavy atom. The molecule has 1 N–H and O–H groups in total. The number of amides is 2. The van der Waals surface area contributed by atoms with Crippen molar-refractivity contribution in [1.82, 2.24) is 5.32 Å². The van der Waals surface area contributed by atoms with E-state index in [-0.39, 0.29) is 30.2 Å². The van der Waals surface area contributed by atoms with Crippen molar-refractivity contribution in [2.75, 3.05) is 24.7 Å². The van der Waals surface area contributed by atoms with Gasteiger partial charge in [-0.15, -0.1) is 0 Å². The maximum atomic E-state index is 12.7. The second kappa shape index (κ2) is 8.55. The molecule has 0 saturated carbocycles. The topological polar surface area (TPSA) is 67.9 Å². The largest absolute Gasteiger partial charge is 0.486 e. The Balaban J connectivity index is 1.33. The third-order valence-electron chi connectivity index (χ3n) is 5.43. The Morgan fingerprint density at radius 2 is 1.90 bits per heavy atom. The zero-order valence-electron chi connectivity index (χ0n) is 16.6. The Bertz CT molecular complexity index is 884. The van der Waals surface area contributed by atoms with Crippen molar-refractivity contribution < 1.29 is 19.1 Å². The molecule has 2 amide bonds. The van der Waals surface area contributed by atoms with Gasteiger partial charge in [0.1, 0.15) is 13.2 Å². The van der Waals surface area contributed by atoms with Crippen LogP contribution in [0.1, 0.15) is 25.3 Å². The van der Waals surface area contributed by atoms with E-state index in [0.717, 1.165) is 18.5 Å². The summed E-state index contributed by atoms with van der Waals surface area (Å²) in [5, 5.41) is 3.07. The van der Waals surface area contributed by atoms with Crippen LogP contribution < -0.4 is 19.7 Å². The molecule has 1 fully saturated rings. The summed E-state index contributed by atoms with van der Waals surface area (Å²) in [7, 11) is 0. The first-order valence-electron chi connectivity index (χ1n) is 10.1. The average molecular weight is 394 g/mol. The Hall–Kier alpha value is -3.02. The minimum Gasteiger partial charge on any atom is -0.486 e. The monoisotopic (exact) mass is 394 g/mol. The fraction of sp³-hybridized carbons (Fsp3) is 0.391. The molecule has 2 aromatic carbocycles. The van der Waals surface area contributed by atoms with E-state index in [1.165, 1.54) is 5.56 Å². The number of carbonyl (C=O) groups is 2. The second-order valence-electron chi connectivity index (χ2n) is 7.67. The molecule has 2 aromatic rings. The highest BCUT2D eigenvalue weighted by Crippen LogP contribution is 2.36. The molecule has 29 heavy (non-hydrogen) atoms. The van der Waals surface area contributed by atoms with Crippen LogP contribution in [0.15, 0.2) is 48.5 Å². The van der Waals surface area contributed by atoms with Crippen LogP contribution in [0.25, 0.3) is 0 Å². The summed E-state index contributed by atoms with van der Waals surface area (Å²) in [6.07, 6.45) is 2.00. The molecular formula is C23H26N2O4. The molecule has 0 radical (unpaired) electrons. The molecule has 0 spiro atoms. The van der Waals surface area contributed by atoms with Gasteiger partial charge in [-0.25, -0.2) is 0 Å². The van der Waals surface area contributed by atoms with Crippen molar-refractivity contribution in [2.24, 2.45) is 5.92 Å². The number of ether oxygens (including phenoxy) is 2. The lowest BCUT2D eigenvalue weighted by Crippen LogP contribution is -2.38. The van der Waals surface area contributed by atoms with Crippen molar-refractivity contribution in [3.63, 3.8) is 0 Å². The van der Waals surface area contributed by atoms with Crippen LogP contribution in [0.3, 0.4) is 0 Å². The molecule has 1 saturated heterocycles. The number of anilines is 1. The van der Waals surface area contributed by atoms with E-state index < -0.39 is 0 Å². The van der Waals surface area contributed by atoms with Gasteiger partial charge in [-0.05, 0) is 37.5 Å². The van der Waals surface area contributed by atoms with E-state index in [2.05, 4.69) is 17.4 Å². The quantitative estimate of drug-likeness (QED) is 0.818. The SMILES string of the molecule is CC(CCc1ccccc1)NC(=O)C1CC(=O)N(c2ccc3c(c2)OCCO3)C1. The molecule has 0 aliphatic carbocycles. The van der Waals surface area contributed by atoms with E-state index in [1.54, 1.807) is 4.90 Å². The van der Waals surface area contributed by atoms with Crippen molar-refractivity contribution in [3.05, 3.63) is 54.1 Å². The van der Waals surface area contributed by atoms with Crippen molar-refractivity contribution in [3.8, 4) is 11.5 Å². The lowest BCUT2D eigenvalue weighted by atomic mass is 10.0. The summed E-state index contributed by atoms with van der Waals surface area (Å²) < 4.78 is 11.1. The summed E-state index contributed by atoms with van der Waals surface area (Å²) in [4.78, 5) is 26.9. The van der Waals surface area contributed by atoms with Gasteiger partial charge in [0.2, 0.25) is 11.8 Å². The Kier molecular flexibility index (Phi) is 5.69. The van der Waals surface area contributed by atoms with Crippen LogP contribution in [0.4, 0.5) is 5.69 Å². The highest BCUT2D eigenvalue weighted by Gasteiger charge is 2.36. The minimum absolute atomic E-state index is 0.0428. The second-order valence-corrected chi connectivity index (χ2v) is 7.67. The van der Waals surface area contributed by atoms with Gasteiger partial charge in [0.15, 0.2) is 11.5 Å². The zero-order valence-corrected chi connectivity index (χ0v) is 16.6. The maximum Gasteiger partial charge on any atom is 0.227 e. The fourth-order valence-corrected chi connectivity index (χ4v) is 3.79. The van der Waals surface area contributed by atoms with E-state index in [4.69, 9.17) is 9.47 Å². The number of hydrogen-bond acceptors (Lipinski definition) is 4. The van der Waals surface area contributed by atoms with Crippen LogP contribution in [-0.2, 0) is 16.0 Å². The van der Waals surface area contributed by atoms with Gasteiger partial charge < -0.3 is 19.7 Å².